The van der Waals surface area contributed by atoms with Gasteiger partial charge in [0.15, 0.2) is 5.82 Å². The van der Waals surface area contributed by atoms with Crippen molar-refractivity contribution in [1.82, 2.24) is 15.2 Å². The van der Waals surface area contributed by atoms with E-state index in [2.05, 4.69) is 26.3 Å². The number of carbonyl (C=O) groups excluding carboxylic acids is 1. The SMILES string of the molecule is CC(C[n+]1c2cc(Br)cc(F)c2nn1C)NC(=O)OC(C)(C)C. The fraction of sp³-hybridized carbons (Fsp3) is 0.533. The lowest BCUT2D eigenvalue weighted by molar-refractivity contribution is -0.757. The van der Waals surface area contributed by atoms with Crippen molar-refractivity contribution in [3.05, 3.63) is 22.4 Å². The highest BCUT2D eigenvalue weighted by atomic mass is 79.9. The van der Waals surface area contributed by atoms with Crippen LogP contribution in [-0.2, 0) is 18.3 Å². The third kappa shape index (κ3) is 4.40. The van der Waals surface area contributed by atoms with Gasteiger partial charge >= 0.3 is 6.09 Å². The number of carbonyl (C=O) groups is 1. The van der Waals surface area contributed by atoms with Gasteiger partial charge in [0, 0.05) is 10.5 Å². The summed E-state index contributed by atoms with van der Waals surface area (Å²) in [4.78, 5) is 13.4. The van der Waals surface area contributed by atoms with Crippen molar-refractivity contribution in [3.63, 3.8) is 0 Å². The van der Waals surface area contributed by atoms with Crippen molar-refractivity contribution < 1.29 is 18.6 Å². The lowest BCUT2D eigenvalue weighted by Crippen LogP contribution is -2.51. The molecule has 8 heteroatoms. The Morgan fingerprint density at radius 2 is 2.17 bits per heavy atom. The first kappa shape index (κ1) is 17.7. The Labute approximate surface area is 142 Å². The molecule has 1 heterocycles. The molecule has 126 valence electrons. The summed E-state index contributed by atoms with van der Waals surface area (Å²) in [7, 11) is 1.73. The van der Waals surface area contributed by atoms with Crippen LogP contribution in [0.15, 0.2) is 16.6 Å². The Kier molecular flexibility index (Phi) is 4.93. The number of aryl methyl sites for hydroxylation is 1. The number of alkyl carbamates (subject to hydrolysis) is 1. The van der Waals surface area contributed by atoms with E-state index >= 15 is 0 Å². The molecule has 0 saturated carbocycles. The summed E-state index contributed by atoms with van der Waals surface area (Å²) >= 11 is 3.29. The second-order valence-electron chi connectivity index (χ2n) is 6.47. The molecule has 23 heavy (non-hydrogen) atoms. The average molecular weight is 388 g/mol. The molecule has 1 aromatic heterocycles. The molecular weight excluding hydrogens is 367 g/mol. The zero-order chi connectivity index (χ0) is 17.4. The number of halogens is 2. The van der Waals surface area contributed by atoms with Gasteiger partial charge in [0.05, 0.1) is 18.2 Å². The number of rotatable bonds is 3. The molecule has 1 amide bonds. The molecule has 0 spiro atoms. The van der Waals surface area contributed by atoms with Crippen LogP contribution in [0, 0.1) is 5.82 Å². The predicted octanol–water partition coefficient (Wildman–Crippen LogP) is 2.68. The molecular formula is C15H21BrFN4O2+. The summed E-state index contributed by atoms with van der Waals surface area (Å²) in [6.07, 6.45) is -0.482. The number of nitrogens with one attached hydrogen (secondary N) is 1. The highest BCUT2D eigenvalue weighted by molar-refractivity contribution is 9.10. The first-order chi connectivity index (χ1) is 10.6. The van der Waals surface area contributed by atoms with Crippen LogP contribution in [0.2, 0.25) is 0 Å². The minimum atomic E-state index is -0.551. The average Bonchev–Trinajstić information content (AvgIpc) is 2.64. The normalized spacial score (nSPS) is 13.2. The Morgan fingerprint density at radius 3 is 2.78 bits per heavy atom. The number of aromatic nitrogens is 3. The number of fused-ring (bicyclic) bond motifs is 1. The zero-order valence-electron chi connectivity index (χ0n) is 13.9. The van der Waals surface area contributed by atoms with E-state index in [0.29, 0.717) is 22.1 Å². The topological polar surface area (TPSA) is 60.0 Å². The highest BCUT2D eigenvalue weighted by Crippen LogP contribution is 2.19. The van der Waals surface area contributed by atoms with E-state index in [9.17, 15) is 9.18 Å². The lowest BCUT2D eigenvalue weighted by Gasteiger charge is -2.21. The van der Waals surface area contributed by atoms with Gasteiger partial charge in [0.25, 0.3) is 5.52 Å². The van der Waals surface area contributed by atoms with Gasteiger partial charge in [-0.05, 0) is 38.6 Å². The van der Waals surface area contributed by atoms with Gasteiger partial charge in [-0.15, -0.1) is 0 Å². The van der Waals surface area contributed by atoms with Crippen molar-refractivity contribution in [2.75, 3.05) is 0 Å². The Hall–Kier alpha value is -1.70. The van der Waals surface area contributed by atoms with Crippen LogP contribution in [0.5, 0.6) is 0 Å². The van der Waals surface area contributed by atoms with Gasteiger partial charge in [0.1, 0.15) is 12.1 Å². The van der Waals surface area contributed by atoms with Crippen LogP contribution in [0.1, 0.15) is 27.7 Å². The summed E-state index contributed by atoms with van der Waals surface area (Å²) < 4.78 is 21.6. The van der Waals surface area contributed by atoms with E-state index in [1.54, 1.807) is 43.4 Å². The number of ether oxygens (including phenoxy) is 1. The van der Waals surface area contributed by atoms with Crippen LogP contribution in [0.4, 0.5) is 9.18 Å². The van der Waals surface area contributed by atoms with Crippen molar-refractivity contribution in [2.45, 2.75) is 45.9 Å². The maximum absolute atomic E-state index is 14.0. The molecule has 0 aliphatic rings. The minimum absolute atomic E-state index is 0.213. The molecule has 0 aliphatic carbocycles. The third-order valence-electron chi connectivity index (χ3n) is 3.09. The monoisotopic (exact) mass is 387 g/mol. The van der Waals surface area contributed by atoms with E-state index in [4.69, 9.17) is 4.74 Å². The Bertz CT molecular complexity index is 739. The lowest BCUT2D eigenvalue weighted by atomic mass is 10.2. The first-order valence-electron chi connectivity index (χ1n) is 7.28. The van der Waals surface area contributed by atoms with Crippen LogP contribution in [-0.4, -0.2) is 27.6 Å². The molecule has 0 bridgehead atoms. The Balaban J connectivity index is 2.18. The fourth-order valence-corrected chi connectivity index (χ4v) is 2.65. The largest absolute Gasteiger partial charge is 0.444 e. The number of benzene rings is 1. The van der Waals surface area contributed by atoms with Crippen molar-refractivity contribution in [2.24, 2.45) is 7.05 Å². The van der Waals surface area contributed by atoms with Gasteiger partial charge in [-0.25, -0.2) is 9.18 Å². The van der Waals surface area contributed by atoms with Crippen molar-refractivity contribution in [1.29, 1.82) is 0 Å². The predicted molar refractivity (Wildman–Crippen MR) is 87.4 cm³/mol. The van der Waals surface area contributed by atoms with Gasteiger partial charge in [-0.2, -0.15) is 4.68 Å². The number of nitrogens with zero attached hydrogens (tertiary/aromatic N) is 3. The van der Waals surface area contributed by atoms with Crippen LogP contribution in [0.3, 0.4) is 0 Å². The third-order valence-corrected chi connectivity index (χ3v) is 3.55. The standard InChI is InChI=1S/C15H20BrFN4O2/c1-9(18-14(22)23-15(2,3)4)8-21-12-7-10(16)6-11(17)13(12)19-20(21)5/h6-7,9H,8H2,1-5H3/p+1. The van der Waals surface area contributed by atoms with Crippen LogP contribution < -0.4 is 10.00 Å². The second kappa shape index (κ2) is 6.43. The highest BCUT2D eigenvalue weighted by Gasteiger charge is 2.24. The summed E-state index contributed by atoms with van der Waals surface area (Å²) in [6, 6.07) is 2.96. The maximum atomic E-state index is 14.0. The van der Waals surface area contributed by atoms with Crippen molar-refractivity contribution >= 4 is 33.1 Å². The quantitative estimate of drug-likeness (QED) is 0.823. The molecule has 0 fully saturated rings. The zero-order valence-corrected chi connectivity index (χ0v) is 15.4. The molecule has 1 atom stereocenters. The number of hydrogen-bond donors (Lipinski definition) is 1. The maximum Gasteiger partial charge on any atom is 0.408 e. The summed E-state index contributed by atoms with van der Waals surface area (Å²) in [5.74, 6) is -0.392. The van der Waals surface area contributed by atoms with Gasteiger partial charge in [-0.3, -0.25) is 0 Å². The summed E-state index contributed by atoms with van der Waals surface area (Å²) in [5.41, 5.74) is 0.391. The smallest absolute Gasteiger partial charge is 0.408 e. The molecule has 1 N–H and O–H groups in total. The van der Waals surface area contributed by atoms with Gasteiger partial charge in [-0.1, -0.05) is 15.9 Å². The first-order valence-corrected chi connectivity index (χ1v) is 8.07. The minimum Gasteiger partial charge on any atom is -0.444 e. The molecule has 2 aromatic rings. The molecule has 1 aromatic carbocycles. The molecule has 6 nitrogen and oxygen atoms in total. The Morgan fingerprint density at radius 1 is 1.52 bits per heavy atom. The van der Waals surface area contributed by atoms with E-state index in [1.807, 2.05) is 6.92 Å². The summed E-state index contributed by atoms with van der Waals surface area (Å²) in [6.45, 7) is 7.70. The van der Waals surface area contributed by atoms with E-state index in [-0.39, 0.29) is 6.04 Å². The molecule has 1 unspecified atom stereocenters. The second-order valence-corrected chi connectivity index (χ2v) is 7.39. The molecule has 0 radical (unpaired) electrons. The van der Waals surface area contributed by atoms with Crippen LogP contribution in [0.25, 0.3) is 11.0 Å². The van der Waals surface area contributed by atoms with Crippen LogP contribution >= 0.6 is 15.9 Å². The van der Waals surface area contributed by atoms with Gasteiger partial charge in [0.2, 0.25) is 5.52 Å². The molecule has 0 aliphatic heterocycles. The van der Waals surface area contributed by atoms with Gasteiger partial charge < -0.3 is 10.1 Å². The number of amides is 1. The van der Waals surface area contributed by atoms with E-state index in [1.165, 1.54) is 6.07 Å². The summed E-state index contributed by atoms with van der Waals surface area (Å²) in [5, 5.41) is 6.95. The molecule has 0 saturated heterocycles. The number of hydrogen-bond acceptors (Lipinski definition) is 3. The van der Waals surface area contributed by atoms with Crippen molar-refractivity contribution in [3.8, 4) is 0 Å². The van der Waals surface area contributed by atoms with E-state index < -0.39 is 17.5 Å². The van der Waals surface area contributed by atoms with E-state index in [0.717, 1.165) is 0 Å². The molecule has 2 rings (SSSR count). The fourth-order valence-electron chi connectivity index (χ4n) is 2.23.